The topological polar surface area (TPSA) is 90.4 Å². The summed E-state index contributed by atoms with van der Waals surface area (Å²) >= 11 is 7.82. The number of benzene rings is 2. The molecule has 3 fully saturated rings. The van der Waals surface area contributed by atoms with Gasteiger partial charge in [0.05, 0.1) is 23.2 Å². The predicted octanol–water partition coefficient (Wildman–Crippen LogP) is 5.73. The molecule has 5 atom stereocenters. The lowest BCUT2D eigenvalue weighted by atomic mass is 9.70. The van der Waals surface area contributed by atoms with Gasteiger partial charge in [0.25, 0.3) is 5.91 Å². The Morgan fingerprint density at radius 3 is 2.24 bits per heavy atom. The van der Waals surface area contributed by atoms with Crippen molar-refractivity contribution in [2.75, 3.05) is 42.6 Å². The molecule has 240 valence electrons. The van der Waals surface area contributed by atoms with Crippen LogP contribution in [0, 0.1) is 11.8 Å². The summed E-state index contributed by atoms with van der Waals surface area (Å²) in [7, 11) is 0. The van der Waals surface area contributed by atoms with Crippen molar-refractivity contribution in [3.63, 3.8) is 0 Å². The van der Waals surface area contributed by atoms with E-state index in [0.29, 0.717) is 55.4 Å². The Kier molecular flexibility index (Phi) is 10.6. The minimum absolute atomic E-state index is 0.0725. The average Bonchev–Trinajstić information content (AvgIpc) is 3.69. The zero-order valence-corrected chi connectivity index (χ0v) is 27.3. The molecule has 3 heterocycles. The van der Waals surface area contributed by atoms with E-state index in [1.165, 1.54) is 0 Å². The van der Waals surface area contributed by atoms with Crippen molar-refractivity contribution in [3.05, 3.63) is 78.9 Å². The summed E-state index contributed by atoms with van der Waals surface area (Å²) in [5, 5.41) is 9.84. The number of thioether (sulfide) groups is 1. The van der Waals surface area contributed by atoms with E-state index >= 15 is 0 Å². The molecule has 0 aromatic heterocycles. The molecule has 3 amide bonds. The van der Waals surface area contributed by atoms with Gasteiger partial charge in [-0.05, 0) is 87.6 Å². The second kappa shape index (κ2) is 14.4. The molecule has 2 aromatic rings. The molecular weight excluding hydrogens is 610 g/mol. The summed E-state index contributed by atoms with van der Waals surface area (Å²) in [6, 6.07) is 13.8. The van der Waals surface area contributed by atoms with Crippen LogP contribution in [0.3, 0.4) is 0 Å². The number of halogens is 1. The number of anilines is 2. The van der Waals surface area contributed by atoms with Crippen LogP contribution >= 0.6 is 23.4 Å². The van der Waals surface area contributed by atoms with Gasteiger partial charge in [-0.2, -0.15) is 0 Å². The number of carbonyl (C=O) groups excluding carboxylic acids is 3. The maximum Gasteiger partial charge on any atom is 0.251 e. The second-order valence-electron chi connectivity index (χ2n) is 11.8. The molecule has 10 heteroatoms. The number of amides is 3. The Hall–Kier alpha value is -3.27. The second-order valence-corrected chi connectivity index (χ2v) is 13.8. The van der Waals surface area contributed by atoms with Gasteiger partial charge in [0.2, 0.25) is 11.8 Å². The monoisotopic (exact) mass is 651 g/mol. The number of aliphatic hydroxyl groups is 1. The van der Waals surface area contributed by atoms with Crippen LogP contribution in [-0.2, 0) is 14.4 Å². The van der Waals surface area contributed by atoms with E-state index in [2.05, 4.69) is 13.2 Å². The van der Waals surface area contributed by atoms with Gasteiger partial charge >= 0.3 is 0 Å². The van der Waals surface area contributed by atoms with E-state index in [1.54, 1.807) is 62.9 Å². The van der Waals surface area contributed by atoms with Gasteiger partial charge in [-0.15, -0.1) is 24.9 Å². The van der Waals surface area contributed by atoms with Gasteiger partial charge < -0.3 is 24.5 Å². The van der Waals surface area contributed by atoms with Crippen LogP contribution in [0.2, 0.25) is 5.02 Å². The van der Waals surface area contributed by atoms with Crippen molar-refractivity contribution < 1.29 is 24.2 Å². The number of hydrogen-bond acceptors (Lipinski definition) is 6. The molecule has 0 radical (unpaired) electrons. The van der Waals surface area contributed by atoms with Crippen LogP contribution in [-0.4, -0.2) is 76.6 Å². The summed E-state index contributed by atoms with van der Waals surface area (Å²) in [4.78, 5) is 48.8. The molecule has 8 nitrogen and oxygen atoms in total. The largest absolute Gasteiger partial charge is 0.494 e. The van der Waals surface area contributed by atoms with Crippen LogP contribution in [0.15, 0.2) is 73.8 Å². The summed E-state index contributed by atoms with van der Waals surface area (Å²) in [5.74, 6) is -0.896. The molecule has 3 aliphatic heterocycles. The van der Waals surface area contributed by atoms with Crippen molar-refractivity contribution in [3.8, 4) is 5.75 Å². The van der Waals surface area contributed by atoms with Gasteiger partial charge in [0, 0.05) is 47.9 Å². The number of fused-ring (bicyclic) bond motifs is 1. The first-order valence-electron chi connectivity index (χ1n) is 15.7. The lowest BCUT2D eigenvalue weighted by Crippen LogP contribution is -2.55. The molecule has 5 rings (SSSR count). The highest BCUT2D eigenvalue weighted by molar-refractivity contribution is 8.02. The van der Waals surface area contributed by atoms with Gasteiger partial charge in [-0.1, -0.05) is 23.8 Å². The number of rotatable bonds is 15. The number of nitrogens with zero attached hydrogens (tertiary/aromatic N) is 3. The first-order chi connectivity index (χ1) is 21.8. The van der Waals surface area contributed by atoms with E-state index in [4.69, 9.17) is 16.3 Å². The highest BCUT2D eigenvalue weighted by Crippen LogP contribution is 2.67. The van der Waals surface area contributed by atoms with Crippen molar-refractivity contribution >= 4 is 52.5 Å². The Labute approximate surface area is 275 Å². The zero-order valence-electron chi connectivity index (χ0n) is 25.8. The first kappa shape index (κ1) is 33.1. The predicted molar refractivity (Wildman–Crippen MR) is 181 cm³/mol. The van der Waals surface area contributed by atoms with Crippen LogP contribution < -0.4 is 14.5 Å². The quantitative estimate of drug-likeness (QED) is 0.195. The van der Waals surface area contributed by atoms with Crippen molar-refractivity contribution in [2.45, 2.75) is 55.1 Å². The van der Waals surface area contributed by atoms with Gasteiger partial charge in [-0.25, -0.2) is 0 Å². The third kappa shape index (κ3) is 6.27. The lowest BCUT2D eigenvalue weighted by molar-refractivity contribution is -0.139. The summed E-state index contributed by atoms with van der Waals surface area (Å²) in [6.07, 6.45) is 6.82. The highest BCUT2D eigenvalue weighted by atomic mass is 35.5. The molecule has 1 N–H and O–H groups in total. The number of ether oxygens (including phenoxy) is 1. The molecule has 0 aliphatic carbocycles. The Balaban J connectivity index is 1.51. The van der Waals surface area contributed by atoms with Crippen LogP contribution in [0.1, 0.15) is 39.0 Å². The van der Waals surface area contributed by atoms with Crippen molar-refractivity contribution in [2.24, 2.45) is 11.8 Å². The normalized spacial score (nSPS) is 24.8. The average molecular weight is 652 g/mol. The number of likely N-dealkylation sites (tertiary alicyclic amines) is 1. The standard InChI is InChI=1S/C35H42ClN3O5S/c1-4-20-37(26-14-16-27(17-15-26)44-6-3)32(41)29-28-18-19-35(45-28)30(29)33(42)39(22-8-7-9-23-40)31(35)34(43)38(21-5-2)25-12-10-24(36)11-13-25/h4-5,10-17,28-31,40H,1-2,6-9,18-23H2,3H3/t28-,29+,30-,31?,35?/m0/s1. The van der Waals surface area contributed by atoms with Crippen LogP contribution in [0.25, 0.3) is 0 Å². The number of carbonyl (C=O) groups is 3. The van der Waals surface area contributed by atoms with Gasteiger partial charge in [0.15, 0.2) is 0 Å². The first-order valence-corrected chi connectivity index (χ1v) is 17.0. The van der Waals surface area contributed by atoms with Crippen LogP contribution in [0.5, 0.6) is 5.75 Å². The maximum atomic E-state index is 14.7. The number of hydrogen-bond donors (Lipinski definition) is 1. The minimum Gasteiger partial charge on any atom is -0.494 e. The van der Waals surface area contributed by atoms with E-state index in [9.17, 15) is 19.5 Å². The Morgan fingerprint density at radius 2 is 1.64 bits per heavy atom. The van der Waals surface area contributed by atoms with Crippen molar-refractivity contribution in [1.29, 1.82) is 0 Å². The molecule has 0 saturated carbocycles. The van der Waals surface area contributed by atoms with E-state index in [-0.39, 0.29) is 36.1 Å². The zero-order chi connectivity index (χ0) is 32.1. The smallest absolute Gasteiger partial charge is 0.251 e. The highest BCUT2D eigenvalue weighted by Gasteiger charge is 2.74. The van der Waals surface area contributed by atoms with Crippen LogP contribution in [0.4, 0.5) is 11.4 Å². The number of aliphatic hydroxyl groups excluding tert-OH is 1. The van der Waals surface area contributed by atoms with Crippen molar-refractivity contribution in [1.82, 2.24) is 4.90 Å². The fourth-order valence-corrected chi connectivity index (χ4v) is 9.60. The number of unbranched alkanes of at least 4 members (excludes halogenated alkanes) is 2. The summed E-state index contributed by atoms with van der Waals surface area (Å²) in [6.45, 7) is 11.3. The SMILES string of the molecule is C=CCN(C(=O)C1N(CCCCCO)C(=O)[C@@H]2[C@H](C(=O)N(CC=C)c3ccc(OCC)cc3)[C@@H]3CCC12S3)c1ccc(Cl)cc1. The Bertz CT molecular complexity index is 1400. The maximum absolute atomic E-state index is 14.7. The molecule has 2 bridgehead atoms. The van der Waals surface area contributed by atoms with Gasteiger partial charge in [0.1, 0.15) is 11.8 Å². The fraction of sp³-hybridized carbons (Fsp3) is 0.457. The minimum atomic E-state index is -0.731. The van der Waals surface area contributed by atoms with E-state index < -0.39 is 22.6 Å². The molecule has 45 heavy (non-hydrogen) atoms. The third-order valence-electron chi connectivity index (χ3n) is 9.13. The summed E-state index contributed by atoms with van der Waals surface area (Å²) in [5.41, 5.74) is 1.39. The molecule has 3 aliphatic rings. The molecule has 3 saturated heterocycles. The Morgan fingerprint density at radius 1 is 1.02 bits per heavy atom. The third-order valence-corrected chi connectivity index (χ3v) is 11.3. The van der Waals surface area contributed by atoms with Gasteiger partial charge in [-0.3, -0.25) is 14.4 Å². The molecule has 2 unspecified atom stereocenters. The molecule has 2 aromatic carbocycles. The summed E-state index contributed by atoms with van der Waals surface area (Å²) < 4.78 is 4.88. The van der Waals surface area contributed by atoms with E-state index in [1.807, 2.05) is 31.2 Å². The lowest BCUT2D eigenvalue weighted by Gasteiger charge is -2.37. The van der Waals surface area contributed by atoms with E-state index in [0.717, 1.165) is 18.6 Å². The molecular formula is C35H42ClN3O5S. The fourth-order valence-electron chi connectivity index (χ4n) is 7.27. The molecule has 1 spiro atoms.